The molecule has 5 heteroatoms. The zero-order chi connectivity index (χ0) is 11.8. The average molecular weight is 255 g/mol. The fourth-order valence-corrected chi connectivity index (χ4v) is 2.58. The molecule has 96 valence electrons. The lowest BCUT2D eigenvalue weighted by molar-refractivity contribution is 0.0349. The number of piperidine rings is 1. The van der Waals surface area contributed by atoms with E-state index in [-0.39, 0.29) is 0 Å². The fraction of sp³-hybridized carbons (Fsp3) is 0.750. The Bertz CT molecular complexity index is 286. The minimum Gasteiger partial charge on any atom is -0.377 e. The molecule has 1 aromatic heterocycles. The topological polar surface area (TPSA) is 46.2 Å². The second-order valence-electron chi connectivity index (χ2n) is 4.25. The number of aromatic nitrogens is 1. The number of thiazole rings is 1. The van der Waals surface area contributed by atoms with Crippen LogP contribution in [0.5, 0.6) is 0 Å². The van der Waals surface area contributed by atoms with Gasteiger partial charge in [0.05, 0.1) is 17.7 Å². The maximum atomic E-state index is 5.80. The molecule has 2 rings (SSSR count). The van der Waals surface area contributed by atoms with Crippen molar-refractivity contribution >= 4 is 11.3 Å². The highest BCUT2D eigenvalue weighted by molar-refractivity contribution is 7.09. The number of hydrogen-bond acceptors (Lipinski definition) is 5. The standard InChI is InChI=1S/C12H21N3OS/c1-4-13-5-2-11(1)16-9-7-14-6-3-12-15-8-10-17-12/h8,10-11,13-14H,1-7,9H2. The number of ether oxygens (including phenoxy) is 1. The minimum atomic E-state index is 0.469. The van der Waals surface area contributed by atoms with Crippen molar-refractivity contribution in [2.45, 2.75) is 25.4 Å². The molecule has 1 aromatic rings. The van der Waals surface area contributed by atoms with Crippen LogP contribution >= 0.6 is 11.3 Å². The highest BCUT2D eigenvalue weighted by atomic mass is 32.1. The molecule has 0 amide bonds. The van der Waals surface area contributed by atoms with E-state index in [4.69, 9.17) is 4.74 Å². The molecule has 0 atom stereocenters. The molecular formula is C12H21N3OS. The summed E-state index contributed by atoms with van der Waals surface area (Å²) in [5.41, 5.74) is 0. The molecule has 0 radical (unpaired) electrons. The van der Waals surface area contributed by atoms with E-state index in [0.29, 0.717) is 6.10 Å². The van der Waals surface area contributed by atoms with E-state index in [2.05, 4.69) is 15.6 Å². The van der Waals surface area contributed by atoms with Gasteiger partial charge in [-0.2, -0.15) is 0 Å². The van der Waals surface area contributed by atoms with E-state index in [9.17, 15) is 0 Å². The third-order valence-electron chi connectivity index (χ3n) is 2.92. The van der Waals surface area contributed by atoms with Crippen molar-refractivity contribution < 1.29 is 4.74 Å². The number of nitrogens with zero attached hydrogens (tertiary/aromatic N) is 1. The first kappa shape index (κ1) is 13.0. The van der Waals surface area contributed by atoms with Gasteiger partial charge in [0.2, 0.25) is 0 Å². The van der Waals surface area contributed by atoms with Crippen molar-refractivity contribution in [1.29, 1.82) is 0 Å². The molecule has 1 aliphatic heterocycles. The van der Waals surface area contributed by atoms with E-state index >= 15 is 0 Å². The maximum absolute atomic E-state index is 5.80. The number of nitrogens with one attached hydrogen (secondary N) is 2. The summed E-state index contributed by atoms with van der Waals surface area (Å²) in [7, 11) is 0. The molecule has 2 heterocycles. The first-order valence-corrected chi connectivity index (χ1v) is 7.24. The molecule has 0 aliphatic carbocycles. The van der Waals surface area contributed by atoms with E-state index < -0.39 is 0 Å². The highest BCUT2D eigenvalue weighted by Gasteiger charge is 2.12. The normalized spacial score (nSPS) is 17.4. The summed E-state index contributed by atoms with van der Waals surface area (Å²) in [6.07, 6.45) is 5.65. The second-order valence-corrected chi connectivity index (χ2v) is 5.23. The quantitative estimate of drug-likeness (QED) is 0.715. The van der Waals surface area contributed by atoms with Gasteiger partial charge in [0.1, 0.15) is 0 Å². The second kappa shape index (κ2) is 7.76. The number of rotatable bonds is 7. The average Bonchev–Trinajstić information content (AvgIpc) is 2.88. The summed E-state index contributed by atoms with van der Waals surface area (Å²) in [5.74, 6) is 0. The van der Waals surface area contributed by atoms with Gasteiger partial charge in [-0.3, -0.25) is 0 Å². The van der Waals surface area contributed by atoms with Crippen LogP contribution in [0.25, 0.3) is 0 Å². The molecule has 0 saturated carbocycles. The zero-order valence-electron chi connectivity index (χ0n) is 10.2. The van der Waals surface area contributed by atoms with Crippen molar-refractivity contribution in [1.82, 2.24) is 15.6 Å². The van der Waals surface area contributed by atoms with Gasteiger partial charge in [0, 0.05) is 31.1 Å². The summed E-state index contributed by atoms with van der Waals surface area (Å²) < 4.78 is 5.80. The third-order valence-corrected chi connectivity index (χ3v) is 3.76. The van der Waals surface area contributed by atoms with Gasteiger partial charge in [-0.15, -0.1) is 11.3 Å². The molecule has 0 spiro atoms. The smallest absolute Gasteiger partial charge is 0.0937 e. The summed E-state index contributed by atoms with van der Waals surface area (Å²) in [6, 6.07) is 0. The predicted molar refractivity (Wildman–Crippen MR) is 70.5 cm³/mol. The first-order chi connectivity index (χ1) is 8.45. The molecule has 1 saturated heterocycles. The molecule has 0 aromatic carbocycles. The van der Waals surface area contributed by atoms with Crippen molar-refractivity contribution in [3.05, 3.63) is 16.6 Å². The molecule has 1 fully saturated rings. The largest absolute Gasteiger partial charge is 0.377 e. The van der Waals surface area contributed by atoms with Gasteiger partial charge in [-0.1, -0.05) is 0 Å². The van der Waals surface area contributed by atoms with Crippen LogP contribution in [0.3, 0.4) is 0 Å². The van der Waals surface area contributed by atoms with E-state index in [1.54, 1.807) is 11.3 Å². The summed E-state index contributed by atoms with van der Waals surface area (Å²) in [6.45, 7) is 4.95. The lowest BCUT2D eigenvalue weighted by Crippen LogP contribution is -2.34. The molecular weight excluding hydrogens is 234 g/mol. The Balaban J connectivity index is 1.43. The zero-order valence-corrected chi connectivity index (χ0v) is 11.0. The number of hydrogen-bond donors (Lipinski definition) is 2. The Morgan fingerprint density at radius 1 is 1.41 bits per heavy atom. The van der Waals surface area contributed by atoms with Crippen LogP contribution in [0.15, 0.2) is 11.6 Å². The molecule has 0 unspecified atom stereocenters. The van der Waals surface area contributed by atoms with Gasteiger partial charge in [0.25, 0.3) is 0 Å². The van der Waals surface area contributed by atoms with Crippen LogP contribution in [0.1, 0.15) is 17.8 Å². The molecule has 1 aliphatic rings. The SMILES string of the molecule is c1csc(CCNCCOC2CCNCC2)n1. The molecule has 17 heavy (non-hydrogen) atoms. The van der Waals surface area contributed by atoms with Crippen LogP contribution in [-0.2, 0) is 11.2 Å². The molecule has 4 nitrogen and oxygen atoms in total. The van der Waals surface area contributed by atoms with Crippen LogP contribution in [-0.4, -0.2) is 43.9 Å². The van der Waals surface area contributed by atoms with Crippen LogP contribution in [0.4, 0.5) is 0 Å². The molecule has 0 bridgehead atoms. The van der Waals surface area contributed by atoms with E-state index in [1.807, 2.05) is 11.6 Å². The van der Waals surface area contributed by atoms with Crippen molar-refractivity contribution in [3.63, 3.8) is 0 Å². The first-order valence-electron chi connectivity index (χ1n) is 6.36. The van der Waals surface area contributed by atoms with Gasteiger partial charge in [0.15, 0.2) is 0 Å². The lowest BCUT2D eigenvalue weighted by Gasteiger charge is -2.22. The predicted octanol–water partition coefficient (Wildman–Crippen LogP) is 1.04. The molecule has 2 N–H and O–H groups in total. The summed E-state index contributed by atoms with van der Waals surface area (Å²) in [4.78, 5) is 4.25. The van der Waals surface area contributed by atoms with Crippen LogP contribution < -0.4 is 10.6 Å². The van der Waals surface area contributed by atoms with Gasteiger partial charge in [-0.05, 0) is 25.9 Å². The van der Waals surface area contributed by atoms with E-state index in [1.165, 1.54) is 5.01 Å². The Morgan fingerprint density at radius 2 is 2.29 bits per heavy atom. The lowest BCUT2D eigenvalue weighted by atomic mass is 10.1. The Morgan fingerprint density at radius 3 is 3.06 bits per heavy atom. The van der Waals surface area contributed by atoms with Crippen LogP contribution in [0.2, 0.25) is 0 Å². The minimum absolute atomic E-state index is 0.469. The van der Waals surface area contributed by atoms with Crippen molar-refractivity contribution in [2.24, 2.45) is 0 Å². The Kier molecular flexibility index (Phi) is 5.92. The maximum Gasteiger partial charge on any atom is 0.0937 e. The monoisotopic (exact) mass is 255 g/mol. The van der Waals surface area contributed by atoms with Gasteiger partial charge in [-0.25, -0.2) is 4.98 Å². The third kappa shape index (κ3) is 5.12. The van der Waals surface area contributed by atoms with Crippen molar-refractivity contribution in [2.75, 3.05) is 32.8 Å². The van der Waals surface area contributed by atoms with Gasteiger partial charge >= 0.3 is 0 Å². The Labute approximate surface area is 107 Å². The van der Waals surface area contributed by atoms with Crippen molar-refractivity contribution in [3.8, 4) is 0 Å². The highest BCUT2D eigenvalue weighted by Crippen LogP contribution is 2.06. The van der Waals surface area contributed by atoms with E-state index in [0.717, 1.165) is 52.0 Å². The summed E-state index contributed by atoms with van der Waals surface area (Å²) in [5, 5.41) is 9.96. The fourth-order valence-electron chi connectivity index (χ4n) is 1.96. The Hall–Kier alpha value is -0.490. The van der Waals surface area contributed by atoms with Crippen LogP contribution in [0, 0.1) is 0 Å². The summed E-state index contributed by atoms with van der Waals surface area (Å²) >= 11 is 1.72. The van der Waals surface area contributed by atoms with Gasteiger partial charge < -0.3 is 15.4 Å².